The van der Waals surface area contributed by atoms with Crippen LogP contribution in [0.5, 0.6) is 0 Å². The lowest BCUT2D eigenvalue weighted by Gasteiger charge is -2.18. The minimum Gasteiger partial charge on any atom is -0.481 e. The third kappa shape index (κ3) is 5.98. The number of benzene rings is 2. The van der Waals surface area contributed by atoms with E-state index < -0.39 is 10.9 Å². The number of carboxylic acids is 1. The third-order valence-corrected chi connectivity index (χ3v) is 4.41. The molecule has 1 atom stereocenters. The Labute approximate surface area is 160 Å². The SMILES string of the molecule is O=C(O)CCC(Cc1ccccc1)NCc1cc(Cl)cc(Cl)c1[N+](=O)[O-]. The van der Waals surface area contributed by atoms with Gasteiger partial charge in [0.15, 0.2) is 0 Å². The molecule has 0 saturated heterocycles. The average molecular weight is 397 g/mol. The number of nitrogens with one attached hydrogen (secondary N) is 1. The van der Waals surface area contributed by atoms with E-state index in [1.165, 1.54) is 12.1 Å². The topological polar surface area (TPSA) is 92.5 Å². The second kappa shape index (κ2) is 9.52. The molecule has 0 aromatic heterocycles. The summed E-state index contributed by atoms with van der Waals surface area (Å²) in [5.74, 6) is -0.887. The molecule has 26 heavy (non-hydrogen) atoms. The fourth-order valence-corrected chi connectivity index (χ4v) is 3.29. The van der Waals surface area contributed by atoms with Crippen molar-refractivity contribution in [1.29, 1.82) is 0 Å². The molecule has 0 aliphatic heterocycles. The van der Waals surface area contributed by atoms with Gasteiger partial charge >= 0.3 is 5.97 Å². The standard InChI is InChI=1S/C18H18Cl2N2O4/c19-14-9-13(18(22(25)26)16(20)10-14)11-21-15(6-7-17(23)24)8-12-4-2-1-3-5-12/h1-5,9-10,15,21H,6-8,11H2,(H,23,24). The molecular formula is C18H18Cl2N2O4. The largest absolute Gasteiger partial charge is 0.481 e. The number of nitrogens with zero attached hydrogens (tertiary/aromatic N) is 1. The Kier molecular flexibility index (Phi) is 7.38. The summed E-state index contributed by atoms with van der Waals surface area (Å²) in [5, 5.41) is 23.7. The fourth-order valence-electron chi connectivity index (χ4n) is 2.69. The molecular weight excluding hydrogens is 379 g/mol. The number of nitro benzene ring substituents is 1. The molecule has 138 valence electrons. The van der Waals surface area contributed by atoms with Gasteiger partial charge in [0, 0.05) is 29.6 Å². The van der Waals surface area contributed by atoms with Crippen molar-refractivity contribution in [3.05, 3.63) is 73.8 Å². The van der Waals surface area contributed by atoms with Crippen molar-refractivity contribution < 1.29 is 14.8 Å². The molecule has 0 saturated carbocycles. The predicted molar refractivity (Wildman–Crippen MR) is 101 cm³/mol. The lowest BCUT2D eigenvalue weighted by Crippen LogP contribution is -2.31. The molecule has 0 aliphatic rings. The summed E-state index contributed by atoms with van der Waals surface area (Å²) >= 11 is 11.9. The molecule has 0 spiro atoms. The maximum atomic E-state index is 11.3. The van der Waals surface area contributed by atoms with Crippen LogP contribution >= 0.6 is 23.2 Å². The molecule has 0 radical (unpaired) electrons. The van der Waals surface area contributed by atoms with Crippen LogP contribution in [0, 0.1) is 10.1 Å². The Morgan fingerprint density at radius 2 is 1.92 bits per heavy atom. The summed E-state index contributed by atoms with van der Waals surface area (Å²) in [5.41, 5.74) is 1.22. The summed E-state index contributed by atoms with van der Waals surface area (Å²) in [4.78, 5) is 21.6. The number of hydrogen-bond acceptors (Lipinski definition) is 4. The minimum absolute atomic E-state index is 0.00287. The van der Waals surface area contributed by atoms with Crippen molar-refractivity contribution in [2.24, 2.45) is 0 Å². The number of carboxylic acid groups (broad SMARTS) is 1. The molecule has 6 nitrogen and oxygen atoms in total. The Balaban J connectivity index is 2.15. The number of carbonyl (C=O) groups is 1. The van der Waals surface area contributed by atoms with Crippen LogP contribution in [0.15, 0.2) is 42.5 Å². The van der Waals surface area contributed by atoms with E-state index in [-0.39, 0.29) is 29.7 Å². The van der Waals surface area contributed by atoms with Crippen LogP contribution < -0.4 is 5.32 Å². The first-order valence-electron chi connectivity index (χ1n) is 7.98. The molecule has 0 aliphatic carbocycles. The van der Waals surface area contributed by atoms with Gasteiger partial charge in [-0.25, -0.2) is 0 Å². The van der Waals surface area contributed by atoms with Crippen molar-refractivity contribution in [1.82, 2.24) is 5.32 Å². The zero-order chi connectivity index (χ0) is 19.1. The highest BCUT2D eigenvalue weighted by Crippen LogP contribution is 2.32. The lowest BCUT2D eigenvalue weighted by atomic mass is 10.0. The van der Waals surface area contributed by atoms with Crippen LogP contribution in [0.4, 0.5) is 5.69 Å². The van der Waals surface area contributed by atoms with E-state index in [1.54, 1.807) is 0 Å². The fraction of sp³-hybridized carbons (Fsp3) is 0.278. The Morgan fingerprint density at radius 3 is 2.54 bits per heavy atom. The Morgan fingerprint density at radius 1 is 1.23 bits per heavy atom. The molecule has 1 unspecified atom stereocenters. The van der Waals surface area contributed by atoms with E-state index in [0.29, 0.717) is 23.4 Å². The van der Waals surface area contributed by atoms with E-state index in [4.69, 9.17) is 28.3 Å². The summed E-state index contributed by atoms with van der Waals surface area (Å²) in [6, 6.07) is 12.3. The van der Waals surface area contributed by atoms with Crippen LogP contribution in [0.25, 0.3) is 0 Å². The molecule has 0 heterocycles. The van der Waals surface area contributed by atoms with E-state index in [2.05, 4.69) is 5.32 Å². The van der Waals surface area contributed by atoms with Crippen molar-refractivity contribution in [2.45, 2.75) is 31.8 Å². The van der Waals surface area contributed by atoms with Crippen molar-refractivity contribution in [2.75, 3.05) is 0 Å². The van der Waals surface area contributed by atoms with Gasteiger partial charge in [-0.15, -0.1) is 0 Å². The molecule has 8 heteroatoms. The van der Waals surface area contributed by atoms with Gasteiger partial charge in [-0.2, -0.15) is 0 Å². The van der Waals surface area contributed by atoms with E-state index in [1.807, 2.05) is 30.3 Å². The van der Waals surface area contributed by atoms with Gasteiger partial charge in [0.2, 0.25) is 0 Å². The second-order valence-electron chi connectivity index (χ2n) is 5.85. The number of rotatable bonds is 9. The van der Waals surface area contributed by atoms with Crippen LogP contribution in [0.1, 0.15) is 24.0 Å². The maximum Gasteiger partial charge on any atom is 0.303 e. The highest BCUT2D eigenvalue weighted by molar-refractivity contribution is 6.36. The lowest BCUT2D eigenvalue weighted by molar-refractivity contribution is -0.385. The van der Waals surface area contributed by atoms with Crippen molar-refractivity contribution >= 4 is 34.9 Å². The first-order chi connectivity index (χ1) is 12.4. The van der Waals surface area contributed by atoms with Gasteiger partial charge in [0.1, 0.15) is 5.02 Å². The quantitative estimate of drug-likeness (QED) is 0.481. The molecule has 2 aromatic rings. The Hall–Kier alpha value is -2.15. The van der Waals surface area contributed by atoms with Gasteiger partial charge < -0.3 is 10.4 Å². The van der Waals surface area contributed by atoms with E-state index >= 15 is 0 Å². The van der Waals surface area contributed by atoms with Crippen molar-refractivity contribution in [3.63, 3.8) is 0 Å². The van der Waals surface area contributed by atoms with E-state index in [0.717, 1.165) is 5.56 Å². The number of nitro groups is 1. The van der Waals surface area contributed by atoms with Crippen LogP contribution in [-0.2, 0) is 17.8 Å². The van der Waals surface area contributed by atoms with Gasteiger partial charge in [0.05, 0.1) is 4.92 Å². The van der Waals surface area contributed by atoms with E-state index in [9.17, 15) is 14.9 Å². The Bertz CT molecular complexity index is 784. The predicted octanol–water partition coefficient (Wildman–Crippen LogP) is 4.47. The third-order valence-electron chi connectivity index (χ3n) is 3.90. The second-order valence-corrected chi connectivity index (χ2v) is 6.70. The van der Waals surface area contributed by atoms with Gasteiger partial charge in [-0.3, -0.25) is 14.9 Å². The minimum atomic E-state index is -0.887. The zero-order valence-corrected chi connectivity index (χ0v) is 15.3. The number of halogens is 2. The normalized spacial score (nSPS) is 11.9. The van der Waals surface area contributed by atoms with Crippen molar-refractivity contribution in [3.8, 4) is 0 Å². The summed E-state index contributed by atoms with van der Waals surface area (Å²) < 4.78 is 0. The average Bonchev–Trinajstić information content (AvgIpc) is 2.57. The van der Waals surface area contributed by atoms with Gasteiger partial charge in [0.25, 0.3) is 5.69 Å². The molecule has 0 bridgehead atoms. The molecule has 2 N–H and O–H groups in total. The summed E-state index contributed by atoms with van der Waals surface area (Å²) in [7, 11) is 0. The number of hydrogen-bond donors (Lipinski definition) is 2. The summed E-state index contributed by atoms with van der Waals surface area (Å²) in [6.45, 7) is 0.160. The zero-order valence-electron chi connectivity index (χ0n) is 13.8. The molecule has 2 rings (SSSR count). The molecule has 0 fully saturated rings. The highest BCUT2D eigenvalue weighted by atomic mass is 35.5. The first kappa shape index (κ1) is 20.2. The van der Waals surface area contributed by atoms with Crippen LogP contribution in [-0.4, -0.2) is 22.0 Å². The van der Waals surface area contributed by atoms with Crippen LogP contribution in [0.3, 0.4) is 0 Å². The first-order valence-corrected chi connectivity index (χ1v) is 8.74. The maximum absolute atomic E-state index is 11.3. The number of aliphatic carboxylic acids is 1. The highest BCUT2D eigenvalue weighted by Gasteiger charge is 2.21. The van der Waals surface area contributed by atoms with Gasteiger partial charge in [-0.1, -0.05) is 53.5 Å². The van der Waals surface area contributed by atoms with Gasteiger partial charge in [-0.05, 0) is 30.5 Å². The summed E-state index contributed by atoms with van der Waals surface area (Å²) in [6.07, 6.45) is 1.01. The van der Waals surface area contributed by atoms with Crippen LogP contribution in [0.2, 0.25) is 10.0 Å². The molecule has 2 aromatic carbocycles. The molecule has 0 amide bonds. The smallest absolute Gasteiger partial charge is 0.303 e. The monoisotopic (exact) mass is 396 g/mol.